The summed E-state index contributed by atoms with van der Waals surface area (Å²) in [5.41, 5.74) is 2.02. The van der Waals surface area contributed by atoms with E-state index in [1.54, 1.807) is 6.26 Å². The maximum atomic E-state index is 11.1. The smallest absolute Gasteiger partial charge is 0.124 e. The molecule has 0 amide bonds. The van der Waals surface area contributed by atoms with E-state index in [2.05, 4.69) is 25.5 Å². The van der Waals surface area contributed by atoms with Crippen molar-refractivity contribution in [2.24, 2.45) is 0 Å². The third-order valence-corrected chi connectivity index (χ3v) is 4.32. The molecule has 1 atom stereocenters. The summed E-state index contributed by atoms with van der Waals surface area (Å²) in [6.45, 7) is 0.805. The number of benzene rings is 1. The zero-order valence-corrected chi connectivity index (χ0v) is 13.2. The Hall–Kier alpha value is -0.390. The largest absolute Gasteiger partial charge is 0.327 e. The minimum Gasteiger partial charge on any atom is -0.327 e. The van der Waals surface area contributed by atoms with Crippen LogP contribution in [0.25, 0.3) is 11.0 Å². The topological polar surface area (TPSA) is 34.9 Å². The minimum atomic E-state index is -0.747. The molecule has 0 bridgehead atoms. The number of hydrogen-bond acceptors (Lipinski definition) is 2. The van der Waals surface area contributed by atoms with Gasteiger partial charge in [0.15, 0.2) is 0 Å². The van der Waals surface area contributed by atoms with E-state index in [4.69, 9.17) is 11.6 Å². The first-order valence-electron chi connectivity index (χ1n) is 5.62. The van der Waals surface area contributed by atoms with Crippen LogP contribution in [0.3, 0.4) is 0 Å². The lowest BCUT2D eigenvalue weighted by Crippen LogP contribution is -2.06. The van der Waals surface area contributed by atoms with Gasteiger partial charge in [0.05, 0.1) is 16.9 Å². The first kappa shape index (κ1) is 14.0. The van der Waals surface area contributed by atoms with Crippen LogP contribution in [-0.4, -0.2) is 25.8 Å². The van der Waals surface area contributed by atoms with E-state index in [0.29, 0.717) is 11.6 Å². The Morgan fingerprint density at radius 1 is 1.50 bits per heavy atom. The fraction of sp³-hybridized carbons (Fsp3) is 0.417. The Morgan fingerprint density at radius 2 is 2.28 bits per heavy atom. The third-order valence-electron chi connectivity index (χ3n) is 2.72. The molecule has 1 unspecified atom stereocenters. The molecule has 2 aromatic rings. The molecule has 1 aromatic heterocycles. The second-order valence-corrected chi connectivity index (χ2v) is 6.81. The van der Waals surface area contributed by atoms with Crippen molar-refractivity contribution in [3.63, 3.8) is 0 Å². The molecule has 0 radical (unpaired) electrons. The summed E-state index contributed by atoms with van der Waals surface area (Å²) < 4.78 is 14.2. The van der Waals surface area contributed by atoms with Gasteiger partial charge in [-0.15, -0.1) is 11.6 Å². The maximum absolute atomic E-state index is 11.1. The molecule has 0 fully saturated rings. The lowest BCUT2D eigenvalue weighted by molar-refractivity contribution is 0.657. The van der Waals surface area contributed by atoms with Crippen molar-refractivity contribution >= 4 is 49.4 Å². The van der Waals surface area contributed by atoms with E-state index in [1.807, 2.05) is 18.2 Å². The number of aryl methyl sites for hydroxylation is 1. The van der Waals surface area contributed by atoms with Gasteiger partial charge in [0.1, 0.15) is 5.82 Å². The molecule has 1 aromatic carbocycles. The highest BCUT2D eigenvalue weighted by Crippen LogP contribution is 2.22. The Labute approximate surface area is 122 Å². The molecule has 3 nitrogen and oxygen atoms in total. The van der Waals surface area contributed by atoms with E-state index < -0.39 is 10.8 Å². The van der Waals surface area contributed by atoms with Crippen LogP contribution in [0.5, 0.6) is 0 Å². The summed E-state index contributed by atoms with van der Waals surface area (Å²) in [5.74, 6) is 1.96. The molecule has 18 heavy (non-hydrogen) atoms. The van der Waals surface area contributed by atoms with Gasteiger partial charge in [-0.25, -0.2) is 4.98 Å². The highest BCUT2D eigenvalue weighted by molar-refractivity contribution is 9.10. The first-order chi connectivity index (χ1) is 8.61. The summed E-state index contributed by atoms with van der Waals surface area (Å²) in [6.07, 6.45) is 2.60. The van der Waals surface area contributed by atoms with E-state index in [9.17, 15) is 4.21 Å². The van der Waals surface area contributed by atoms with Crippen LogP contribution in [0.1, 0.15) is 12.2 Å². The monoisotopic (exact) mass is 348 g/mol. The van der Waals surface area contributed by atoms with E-state index in [-0.39, 0.29) is 0 Å². The van der Waals surface area contributed by atoms with Crippen molar-refractivity contribution in [2.75, 3.05) is 12.0 Å². The maximum Gasteiger partial charge on any atom is 0.124 e. The predicted molar refractivity (Wildman–Crippen MR) is 80.5 cm³/mol. The van der Waals surface area contributed by atoms with Crippen molar-refractivity contribution in [3.05, 3.63) is 28.5 Å². The van der Waals surface area contributed by atoms with E-state index in [1.165, 1.54) is 0 Å². The average molecular weight is 350 g/mol. The average Bonchev–Trinajstić information content (AvgIpc) is 2.66. The number of alkyl halides is 1. The van der Waals surface area contributed by atoms with Gasteiger partial charge < -0.3 is 4.57 Å². The zero-order valence-electron chi connectivity index (χ0n) is 10.0. The van der Waals surface area contributed by atoms with Gasteiger partial charge in [-0.2, -0.15) is 0 Å². The van der Waals surface area contributed by atoms with Gasteiger partial charge in [-0.05, 0) is 24.6 Å². The molecule has 6 heteroatoms. The molecular formula is C12H14BrClN2OS. The molecular weight excluding hydrogens is 336 g/mol. The molecule has 0 N–H and O–H groups in total. The lowest BCUT2D eigenvalue weighted by atomic mass is 10.3. The number of imidazole rings is 1. The van der Waals surface area contributed by atoms with Gasteiger partial charge in [-0.1, -0.05) is 15.9 Å². The Kier molecular flexibility index (Phi) is 4.81. The van der Waals surface area contributed by atoms with E-state index >= 15 is 0 Å². The number of fused-ring (bicyclic) bond motifs is 1. The van der Waals surface area contributed by atoms with Crippen molar-refractivity contribution < 1.29 is 4.21 Å². The third kappa shape index (κ3) is 3.13. The van der Waals surface area contributed by atoms with Crippen molar-refractivity contribution in [2.45, 2.75) is 18.8 Å². The van der Waals surface area contributed by atoms with Gasteiger partial charge in [-0.3, -0.25) is 4.21 Å². The van der Waals surface area contributed by atoms with Gasteiger partial charge in [0.25, 0.3) is 0 Å². The zero-order chi connectivity index (χ0) is 13.1. The van der Waals surface area contributed by atoms with Crippen LogP contribution in [0.15, 0.2) is 22.7 Å². The van der Waals surface area contributed by atoms with Crippen molar-refractivity contribution in [1.82, 2.24) is 9.55 Å². The molecule has 0 spiro atoms. The number of aromatic nitrogens is 2. The van der Waals surface area contributed by atoms with Gasteiger partial charge >= 0.3 is 0 Å². The number of halogens is 2. The highest BCUT2D eigenvalue weighted by Gasteiger charge is 2.10. The first-order valence-corrected chi connectivity index (χ1v) is 8.68. The molecule has 1 heterocycles. The highest BCUT2D eigenvalue weighted by atomic mass is 79.9. The second kappa shape index (κ2) is 6.17. The van der Waals surface area contributed by atoms with Crippen LogP contribution < -0.4 is 0 Å². The fourth-order valence-corrected chi connectivity index (χ4v) is 3.02. The summed E-state index contributed by atoms with van der Waals surface area (Å²) in [7, 11) is -0.747. The minimum absolute atomic E-state index is 0.390. The number of nitrogens with zero attached hydrogens (tertiary/aromatic N) is 2. The van der Waals surface area contributed by atoms with Crippen LogP contribution in [0.4, 0.5) is 0 Å². The summed E-state index contributed by atoms with van der Waals surface area (Å²) >= 11 is 9.37. The predicted octanol–water partition coefficient (Wildman–Crippen LogP) is 3.31. The van der Waals surface area contributed by atoms with Gasteiger partial charge in [0.2, 0.25) is 0 Å². The molecule has 0 aliphatic heterocycles. The summed E-state index contributed by atoms with van der Waals surface area (Å²) in [6, 6.07) is 6.02. The van der Waals surface area contributed by atoms with Crippen LogP contribution in [0, 0.1) is 0 Å². The van der Waals surface area contributed by atoms with Crippen LogP contribution in [-0.2, 0) is 23.2 Å². The van der Waals surface area contributed by atoms with Gasteiger partial charge in [0, 0.05) is 33.8 Å². The SMILES string of the molecule is CS(=O)CCCn1c(CCl)nc2cc(Br)ccc21. The number of hydrogen-bond donors (Lipinski definition) is 0. The van der Waals surface area contributed by atoms with E-state index in [0.717, 1.165) is 34.3 Å². The molecule has 98 valence electrons. The normalized spacial score (nSPS) is 13.1. The Balaban J connectivity index is 2.31. The standard InChI is InChI=1S/C12H14BrClN2OS/c1-18(17)6-2-5-16-11-4-3-9(13)7-10(11)15-12(16)8-14/h3-4,7H,2,5-6,8H2,1H3. The molecule has 0 saturated heterocycles. The Morgan fingerprint density at radius 3 is 2.94 bits per heavy atom. The van der Waals surface area contributed by atoms with Crippen molar-refractivity contribution in [3.8, 4) is 0 Å². The molecule has 2 rings (SSSR count). The summed E-state index contributed by atoms with van der Waals surface area (Å²) in [4.78, 5) is 4.51. The Bertz CT molecular complexity index is 585. The van der Waals surface area contributed by atoms with Crippen molar-refractivity contribution in [1.29, 1.82) is 0 Å². The van der Waals surface area contributed by atoms with Crippen LogP contribution >= 0.6 is 27.5 Å². The molecule has 0 aliphatic carbocycles. The van der Waals surface area contributed by atoms with Crippen LogP contribution in [0.2, 0.25) is 0 Å². The molecule has 0 saturated carbocycles. The number of rotatable bonds is 5. The summed E-state index contributed by atoms with van der Waals surface area (Å²) in [5, 5.41) is 0. The molecule has 0 aliphatic rings. The lowest BCUT2D eigenvalue weighted by Gasteiger charge is -2.06. The fourth-order valence-electron chi connectivity index (χ4n) is 1.93. The second-order valence-electron chi connectivity index (χ2n) is 4.08. The quantitative estimate of drug-likeness (QED) is 0.776.